The summed E-state index contributed by atoms with van der Waals surface area (Å²) in [4.78, 5) is 11.8. The third-order valence-electron chi connectivity index (χ3n) is 2.61. The van der Waals surface area contributed by atoms with Gasteiger partial charge in [0.25, 0.3) is 10.0 Å². The fourth-order valence-electron chi connectivity index (χ4n) is 1.55. The first-order valence-electron chi connectivity index (χ1n) is 6.09. The maximum atomic E-state index is 11.9. The van der Waals surface area contributed by atoms with E-state index in [0.717, 1.165) is 11.3 Å². The standard InChI is InChI=1S/C13H13ClN2O4S2/c1-20-10-4-2-9(3-5-10)16-12(17)8-15-22(18,19)13-7-6-11(14)21-13/h2-7,15H,8H2,1H3,(H,16,17). The van der Waals surface area contributed by atoms with Crippen LogP contribution in [0.4, 0.5) is 5.69 Å². The molecule has 0 aliphatic rings. The fraction of sp³-hybridized carbons (Fsp3) is 0.154. The van der Waals surface area contributed by atoms with Crippen LogP contribution in [0.2, 0.25) is 4.34 Å². The molecule has 0 saturated carbocycles. The summed E-state index contributed by atoms with van der Waals surface area (Å²) in [5.41, 5.74) is 0.546. The normalized spacial score (nSPS) is 11.2. The van der Waals surface area contributed by atoms with Gasteiger partial charge in [-0.2, -0.15) is 0 Å². The number of rotatable bonds is 6. The quantitative estimate of drug-likeness (QED) is 0.828. The van der Waals surface area contributed by atoms with E-state index >= 15 is 0 Å². The molecule has 2 rings (SSSR count). The lowest BCUT2D eigenvalue weighted by Crippen LogP contribution is -2.32. The Morgan fingerprint density at radius 3 is 2.45 bits per heavy atom. The van der Waals surface area contributed by atoms with Gasteiger partial charge < -0.3 is 10.1 Å². The summed E-state index contributed by atoms with van der Waals surface area (Å²) in [5.74, 6) is 0.185. The van der Waals surface area contributed by atoms with Gasteiger partial charge in [0.05, 0.1) is 18.0 Å². The van der Waals surface area contributed by atoms with Crippen molar-refractivity contribution in [2.75, 3.05) is 19.0 Å². The summed E-state index contributed by atoms with van der Waals surface area (Å²) in [5, 5.41) is 2.58. The first-order chi connectivity index (χ1) is 10.4. The summed E-state index contributed by atoms with van der Waals surface area (Å²) in [6.07, 6.45) is 0. The van der Waals surface area contributed by atoms with Crippen molar-refractivity contribution in [1.82, 2.24) is 4.72 Å². The molecule has 0 fully saturated rings. The van der Waals surface area contributed by atoms with Crippen LogP contribution in [0.3, 0.4) is 0 Å². The van der Waals surface area contributed by atoms with E-state index in [-0.39, 0.29) is 10.8 Å². The van der Waals surface area contributed by atoms with Gasteiger partial charge in [0.2, 0.25) is 5.91 Å². The van der Waals surface area contributed by atoms with E-state index in [1.807, 2.05) is 0 Å². The highest BCUT2D eigenvalue weighted by Gasteiger charge is 2.17. The Balaban J connectivity index is 1.92. The van der Waals surface area contributed by atoms with E-state index in [1.165, 1.54) is 12.1 Å². The first-order valence-corrected chi connectivity index (χ1v) is 8.77. The van der Waals surface area contributed by atoms with Crippen LogP contribution in [0.25, 0.3) is 0 Å². The Bertz CT molecular complexity index is 757. The largest absolute Gasteiger partial charge is 0.497 e. The number of ether oxygens (including phenoxy) is 1. The number of sulfonamides is 1. The van der Waals surface area contributed by atoms with Gasteiger partial charge in [0.1, 0.15) is 9.96 Å². The lowest BCUT2D eigenvalue weighted by Gasteiger charge is -2.07. The highest BCUT2D eigenvalue weighted by atomic mass is 35.5. The van der Waals surface area contributed by atoms with Crippen molar-refractivity contribution in [1.29, 1.82) is 0 Å². The Hall–Kier alpha value is -1.61. The van der Waals surface area contributed by atoms with Crippen LogP contribution in [-0.2, 0) is 14.8 Å². The molecule has 0 spiro atoms. The lowest BCUT2D eigenvalue weighted by molar-refractivity contribution is -0.115. The molecule has 2 N–H and O–H groups in total. The van der Waals surface area contributed by atoms with Crippen molar-refractivity contribution in [3.05, 3.63) is 40.7 Å². The average molecular weight is 361 g/mol. The molecule has 9 heteroatoms. The van der Waals surface area contributed by atoms with Gasteiger partial charge in [-0.25, -0.2) is 13.1 Å². The zero-order valence-electron chi connectivity index (χ0n) is 11.5. The first kappa shape index (κ1) is 16.8. The van der Waals surface area contributed by atoms with Crippen molar-refractivity contribution in [3.8, 4) is 5.75 Å². The summed E-state index contributed by atoms with van der Waals surface area (Å²) < 4.78 is 31.5. The molecule has 1 aromatic carbocycles. The van der Waals surface area contributed by atoms with Gasteiger partial charge in [-0.3, -0.25) is 4.79 Å². The number of hydrogen-bond acceptors (Lipinski definition) is 5. The van der Waals surface area contributed by atoms with Crippen LogP contribution in [0, 0.1) is 0 Å². The van der Waals surface area contributed by atoms with Crippen LogP contribution in [0.5, 0.6) is 5.75 Å². The Morgan fingerprint density at radius 1 is 1.23 bits per heavy atom. The minimum absolute atomic E-state index is 0.0646. The summed E-state index contributed by atoms with van der Waals surface area (Å²) in [6, 6.07) is 9.56. The molecule has 0 aliphatic heterocycles. The van der Waals surface area contributed by atoms with Crippen molar-refractivity contribution in [2.45, 2.75) is 4.21 Å². The van der Waals surface area contributed by atoms with Crippen molar-refractivity contribution in [3.63, 3.8) is 0 Å². The van der Waals surface area contributed by atoms with Crippen LogP contribution in [-0.4, -0.2) is 28.0 Å². The van der Waals surface area contributed by atoms with E-state index in [9.17, 15) is 13.2 Å². The van der Waals surface area contributed by atoms with Gasteiger partial charge in [0, 0.05) is 5.69 Å². The smallest absolute Gasteiger partial charge is 0.250 e. The van der Waals surface area contributed by atoms with Crippen LogP contribution in [0.15, 0.2) is 40.6 Å². The molecule has 0 unspecified atom stereocenters. The van der Waals surface area contributed by atoms with Crippen LogP contribution in [0.1, 0.15) is 0 Å². The van der Waals surface area contributed by atoms with Crippen LogP contribution >= 0.6 is 22.9 Å². The second kappa shape index (κ2) is 7.10. The molecule has 0 aliphatic carbocycles. The number of amides is 1. The zero-order valence-corrected chi connectivity index (χ0v) is 13.9. The summed E-state index contributed by atoms with van der Waals surface area (Å²) in [7, 11) is -2.19. The maximum Gasteiger partial charge on any atom is 0.250 e. The highest BCUT2D eigenvalue weighted by molar-refractivity contribution is 7.91. The molecule has 1 aromatic heterocycles. The van der Waals surface area contributed by atoms with E-state index in [4.69, 9.17) is 16.3 Å². The number of benzene rings is 1. The van der Waals surface area contributed by atoms with Gasteiger partial charge in [-0.15, -0.1) is 11.3 Å². The molecule has 0 saturated heterocycles. The van der Waals surface area contributed by atoms with Crippen molar-refractivity contribution >= 4 is 44.6 Å². The summed E-state index contributed by atoms with van der Waals surface area (Å²) in [6.45, 7) is -0.371. The summed E-state index contributed by atoms with van der Waals surface area (Å²) >= 11 is 6.62. The van der Waals surface area contributed by atoms with E-state index in [0.29, 0.717) is 15.8 Å². The molecule has 118 valence electrons. The molecule has 6 nitrogen and oxygen atoms in total. The third-order valence-corrected chi connectivity index (χ3v) is 5.73. The van der Waals surface area contributed by atoms with Gasteiger partial charge >= 0.3 is 0 Å². The number of thiophene rings is 1. The van der Waals surface area contributed by atoms with Gasteiger partial charge in [-0.1, -0.05) is 11.6 Å². The minimum Gasteiger partial charge on any atom is -0.497 e. The number of carbonyl (C=O) groups is 1. The number of nitrogens with one attached hydrogen (secondary N) is 2. The predicted octanol–water partition coefficient (Wildman–Crippen LogP) is 2.33. The molecule has 1 heterocycles. The molecule has 0 radical (unpaired) electrons. The van der Waals surface area contributed by atoms with E-state index in [1.54, 1.807) is 31.4 Å². The fourth-order valence-corrected chi connectivity index (χ4v) is 4.06. The Kier molecular flexibility index (Phi) is 5.41. The number of methoxy groups -OCH3 is 1. The van der Waals surface area contributed by atoms with Gasteiger partial charge in [0.15, 0.2) is 0 Å². The zero-order chi connectivity index (χ0) is 16.2. The Labute approximate surface area is 137 Å². The second-order valence-electron chi connectivity index (χ2n) is 4.16. The lowest BCUT2D eigenvalue weighted by atomic mass is 10.3. The number of hydrogen-bond donors (Lipinski definition) is 2. The minimum atomic E-state index is -3.73. The third kappa shape index (κ3) is 4.44. The number of halogens is 1. The predicted molar refractivity (Wildman–Crippen MR) is 86.1 cm³/mol. The number of anilines is 1. The highest BCUT2D eigenvalue weighted by Crippen LogP contribution is 2.25. The average Bonchev–Trinajstić information content (AvgIpc) is 2.94. The molecule has 0 bridgehead atoms. The van der Waals surface area contributed by atoms with Crippen molar-refractivity contribution < 1.29 is 17.9 Å². The molecule has 1 amide bonds. The second-order valence-corrected chi connectivity index (χ2v) is 7.87. The monoisotopic (exact) mass is 360 g/mol. The molecule has 22 heavy (non-hydrogen) atoms. The van der Waals surface area contributed by atoms with Crippen molar-refractivity contribution in [2.24, 2.45) is 0 Å². The van der Waals surface area contributed by atoms with Crippen LogP contribution < -0.4 is 14.8 Å². The molecular formula is C13H13ClN2O4S2. The van der Waals surface area contributed by atoms with E-state index in [2.05, 4.69) is 10.0 Å². The molecule has 0 atom stereocenters. The van der Waals surface area contributed by atoms with E-state index < -0.39 is 15.9 Å². The number of carbonyl (C=O) groups excluding carboxylic acids is 1. The topological polar surface area (TPSA) is 84.5 Å². The molecular weight excluding hydrogens is 348 g/mol. The molecule has 2 aromatic rings. The van der Waals surface area contributed by atoms with Gasteiger partial charge in [-0.05, 0) is 36.4 Å². The maximum absolute atomic E-state index is 11.9. The Morgan fingerprint density at radius 2 is 1.91 bits per heavy atom. The SMILES string of the molecule is COc1ccc(NC(=O)CNS(=O)(=O)c2ccc(Cl)s2)cc1.